The van der Waals surface area contributed by atoms with E-state index in [9.17, 15) is 9.59 Å². The maximum atomic E-state index is 10.6. The van der Waals surface area contributed by atoms with Gasteiger partial charge in [-0.05, 0) is 68.1 Å². The molecule has 0 unspecified atom stereocenters. The fraction of sp³-hybridized carbons (Fsp3) is 0.200. The highest BCUT2D eigenvalue weighted by molar-refractivity contribution is 5.82. The first kappa shape index (κ1) is 18.8. The highest BCUT2D eigenvalue weighted by Gasteiger charge is 2.05. The summed E-state index contributed by atoms with van der Waals surface area (Å²) in [6, 6.07) is 10.9. The third-order valence-corrected chi connectivity index (χ3v) is 3.99. The Kier molecular flexibility index (Phi) is 6.59. The SMILES string of the molecule is Cc1cc(C#N)cc(C=O)c1C.Cc1ccc(C#N)c(C=O)c1C.[HH].[HH]. The number of nitriles is 2. The Labute approximate surface area is 144 Å². The van der Waals surface area contributed by atoms with Gasteiger partial charge < -0.3 is 0 Å². The molecule has 24 heavy (non-hydrogen) atoms. The summed E-state index contributed by atoms with van der Waals surface area (Å²) in [5.74, 6) is 0. The minimum atomic E-state index is 0. The fourth-order valence-corrected chi connectivity index (χ4v) is 2.16. The Morgan fingerprint density at radius 2 is 1.54 bits per heavy atom. The van der Waals surface area contributed by atoms with E-state index >= 15 is 0 Å². The second-order valence-electron chi connectivity index (χ2n) is 5.44. The van der Waals surface area contributed by atoms with E-state index in [0.29, 0.717) is 22.3 Å². The topological polar surface area (TPSA) is 81.7 Å². The molecule has 0 aliphatic heterocycles. The van der Waals surface area contributed by atoms with Crippen LogP contribution in [0.4, 0.5) is 0 Å². The summed E-state index contributed by atoms with van der Waals surface area (Å²) < 4.78 is 0. The van der Waals surface area contributed by atoms with Crippen molar-refractivity contribution in [3.63, 3.8) is 0 Å². The van der Waals surface area contributed by atoms with Crippen molar-refractivity contribution in [2.24, 2.45) is 0 Å². The summed E-state index contributed by atoms with van der Waals surface area (Å²) in [4.78, 5) is 21.1. The number of hydrogen-bond donors (Lipinski definition) is 0. The Morgan fingerprint density at radius 1 is 0.875 bits per heavy atom. The number of benzene rings is 2. The number of carbonyl (C=O) groups is 2. The van der Waals surface area contributed by atoms with Gasteiger partial charge in [0.25, 0.3) is 0 Å². The Hall–Kier alpha value is -3.24. The van der Waals surface area contributed by atoms with Gasteiger partial charge in [-0.2, -0.15) is 10.5 Å². The molecule has 0 saturated carbocycles. The molecule has 2 aromatic carbocycles. The van der Waals surface area contributed by atoms with Gasteiger partial charge in [-0.15, -0.1) is 0 Å². The molecule has 0 radical (unpaired) electrons. The van der Waals surface area contributed by atoms with E-state index in [0.717, 1.165) is 34.8 Å². The van der Waals surface area contributed by atoms with Crippen LogP contribution in [0.3, 0.4) is 0 Å². The molecule has 124 valence electrons. The predicted molar refractivity (Wildman–Crippen MR) is 96.3 cm³/mol. The van der Waals surface area contributed by atoms with Crippen molar-refractivity contribution in [2.75, 3.05) is 0 Å². The van der Waals surface area contributed by atoms with E-state index in [1.54, 1.807) is 18.2 Å². The molecule has 4 heteroatoms. The number of rotatable bonds is 2. The third kappa shape index (κ3) is 4.15. The molecular weight excluding hydrogens is 300 g/mol. The predicted octanol–water partition coefficient (Wildman–Crippen LogP) is 4.47. The van der Waals surface area contributed by atoms with Gasteiger partial charge in [0.1, 0.15) is 6.29 Å². The number of aldehydes is 2. The van der Waals surface area contributed by atoms with Gasteiger partial charge >= 0.3 is 0 Å². The van der Waals surface area contributed by atoms with Gasteiger partial charge in [0, 0.05) is 14.0 Å². The minimum Gasteiger partial charge on any atom is -0.298 e. The zero-order valence-corrected chi connectivity index (χ0v) is 14.2. The van der Waals surface area contributed by atoms with Crippen LogP contribution in [0.25, 0.3) is 0 Å². The third-order valence-electron chi connectivity index (χ3n) is 3.99. The molecule has 0 aromatic heterocycles. The largest absolute Gasteiger partial charge is 0.298 e. The smallest absolute Gasteiger partial charge is 0.151 e. The minimum absolute atomic E-state index is 0. The van der Waals surface area contributed by atoms with E-state index < -0.39 is 0 Å². The molecule has 0 N–H and O–H groups in total. The quantitative estimate of drug-likeness (QED) is 0.764. The van der Waals surface area contributed by atoms with E-state index in [2.05, 4.69) is 0 Å². The van der Waals surface area contributed by atoms with Gasteiger partial charge in [0.2, 0.25) is 0 Å². The first-order valence-electron chi connectivity index (χ1n) is 7.31. The van der Waals surface area contributed by atoms with E-state index in [1.165, 1.54) is 0 Å². The van der Waals surface area contributed by atoms with Crippen LogP contribution in [0.1, 0.15) is 56.9 Å². The lowest BCUT2D eigenvalue weighted by molar-refractivity contribution is 0.111. The molecule has 0 spiro atoms. The maximum Gasteiger partial charge on any atom is 0.151 e. The molecule has 0 bridgehead atoms. The Morgan fingerprint density at radius 3 is 2.04 bits per heavy atom. The highest BCUT2D eigenvalue weighted by atomic mass is 16.1. The van der Waals surface area contributed by atoms with Crippen LogP contribution < -0.4 is 0 Å². The summed E-state index contributed by atoms with van der Waals surface area (Å²) in [6.45, 7) is 7.53. The molecule has 0 aliphatic carbocycles. The Bertz CT molecular complexity index is 879. The van der Waals surface area contributed by atoms with Gasteiger partial charge in [-0.3, -0.25) is 9.59 Å². The lowest BCUT2D eigenvalue weighted by Crippen LogP contribution is -1.94. The maximum absolute atomic E-state index is 10.6. The summed E-state index contributed by atoms with van der Waals surface area (Å²) in [6.07, 6.45) is 1.52. The molecule has 0 heterocycles. The summed E-state index contributed by atoms with van der Waals surface area (Å²) in [5, 5.41) is 17.3. The molecule has 0 atom stereocenters. The average Bonchev–Trinajstić information content (AvgIpc) is 2.59. The lowest BCUT2D eigenvalue weighted by Gasteiger charge is -2.03. The number of carbonyl (C=O) groups excluding carboxylic acids is 2. The van der Waals surface area contributed by atoms with Crippen molar-refractivity contribution in [1.82, 2.24) is 0 Å². The average molecular weight is 322 g/mol. The van der Waals surface area contributed by atoms with Gasteiger partial charge in [0.15, 0.2) is 6.29 Å². The summed E-state index contributed by atoms with van der Waals surface area (Å²) >= 11 is 0. The highest BCUT2D eigenvalue weighted by Crippen LogP contribution is 2.15. The molecule has 2 aromatic rings. The zero-order valence-electron chi connectivity index (χ0n) is 14.2. The molecular formula is C20H22N2O2. The van der Waals surface area contributed by atoms with Crippen molar-refractivity contribution in [1.29, 1.82) is 10.5 Å². The normalized spacial score (nSPS) is 9.08. The van der Waals surface area contributed by atoms with Crippen LogP contribution in [0.15, 0.2) is 24.3 Å². The van der Waals surface area contributed by atoms with Crippen molar-refractivity contribution in [3.8, 4) is 12.1 Å². The van der Waals surface area contributed by atoms with Crippen LogP contribution >= 0.6 is 0 Å². The molecule has 0 fully saturated rings. The van der Waals surface area contributed by atoms with Crippen LogP contribution in [-0.4, -0.2) is 12.6 Å². The molecule has 4 nitrogen and oxygen atoms in total. The van der Waals surface area contributed by atoms with Crippen molar-refractivity contribution < 1.29 is 12.4 Å². The molecule has 0 aliphatic rings. The number of nitrogens with zero attached hydrogens (tertiary/aromatic N) is 2. The van der Waals surface area contributed by atoms with Gasteiger partial charge in [-0.25, -0.2) is 0 Å². The van der Waals surface area contributed by atoms with Crippen LogP contribution in [-0.2, 0) is 0 Å². The van der Waals surface area contributed by atoms with Gasteiger partial charge in [0.05, 0.1) is 23.3 Å². The van der Waals surface area contributed by atoms with Crippen LogP contribution in [0.2, 0.25) is 0 Å². The Balaban J connectivity index is 0. The molecule has 0 saturated heterocycles. The molecule has 0 amide bonds. The van der Waals surface area contributed by atoms with E-state index in [4.69, 9.17) is 10.5 Å². The monoisotopic (exact) mass is 322 g/mol. The first-order chi connectivity index (χ1) is 11.4. The van der Waals surface area contributed by atoms with Crippen LogP contribution in [0, 0.1) is 50.4 Å². The lowest BCUT2D eigenvalue weighted by atomic mass is 9.99. The first-order valence-corrected chi connectivity index (χ1v) is 7.31. The van der Waals surface area contributed by atoms with Crippen LogP contribution in [0.5, 0.6) is 0 Å². The standard InChI is InChI=1S/2C10H9NO.2H2/c1-7-3-9(5-11)4-10(6-12)8(7)2;1-7-3-4-9(5-11)10(6-12)8(7)2;;/h2*3-4,6H,1-2H3;2*1H. The number of hydrogen-bond acceptors (Lipinski definition) is 4. The summed E-state index contributed by atoms with van der Waals surface area (Å²) in [5.41, 5.74) is 5.97. The second kappa shape index (κ2) is 8.41. The second-order valence-corrected chi connectivity index (χ2v) is 5.44. The zero-order chi connectivity index (χ0) is 18.3. The van der Waals surface area contributed by atoms with Gasteiger partial charge in [-0.1, -0.05) is 6.07 Å². The fourth-order valence-electron chi connectivity index (χ4n) is 2.16. The van der Waals surface area contributed by atoms with Crippen molar-refractivity contribution in [3.05, 3.63) is 68.8 Å². The van der Waals surface area contributed by atoms with Crippen molar-refractivity contribution in [2.45, 2.75) is 27.7 Å². The number of aryl methyl sites for hydroxylation is 2. The van der Waals surface area contributed by atoms with Crippen molar-refractivity contribution >= 4 is 12.6 Å². The van der Waals surface area contributed by atoms with E-state index in [1.807, 2.05) is 45.9 Å². The summed E-state index contributed by atoms with van der Waals surface area (Å²) in [7, 11) is 0. The molecule has 2 rings (SSSR count). The van der Waals surface area contributed by atoms with E-state index in [-0.39, 0.29) is 2.85 Å².